The minimum atomic E-state index is -0.702. The molecule has 0 bridgehead atoms. The first-order valence-corrected chi connectivity index (χ1v) is 9.75. The van der Waals surface area contributed by atoms with E-state index in [1.807, 2.05) is 61.1 Å². The third-order valence-corrected chi connectivity index (χ3v) is 5.91. The molecule has 1 saturated heterocycles. The van der Waals surface area contributed by atoms with Gasteiger partial charge in [0.2, 0.25) is 11.8 Å². The SMILES string of the molecule is CCC1(c2ccc(NC(=O)c3cn(C)c4ccccc34)cc2)CCC(=O)NC1=O. The molecule has 0 radical (unpaired) electrons. The number of nitrogens with zero attached hydrogens (tertiary/aromatic N) is 1. The van der Waals surface area contributed by atoms with Gasteiger partial charge in [-0.05, 0) is 36.6 Å². The maximum Gasteiger partial charge on any atom is 0.257 e. The molecular formula is C23H23N3O3. The predicted molar refractivity (Wildman–Crippen MR) is 112 cm³/mol. The van der Waals surface area contributed by atoms with E-state index in [1.165, 1.54) is 0 Å². The van der Waals surface area contributed by atoms with Gasteiger partial charge >= 0.3 is 0 Å². The van der Waals surface area contributed by atoms with Crippen LogP contribution in [0.25, 0.3) is 10.9 Å². The largest absolute Gasteiger partial charge is 0.350 e. The second-order valence-electron chi connectivity index (χ2n) is 7.52. The standard InChI is InChI=1S/C23H23N3O3/c1-3-23(13-12-20(27)25-22(23)29)15-8-10-16(11-9-15)24-21(28)18-14-26(2)19-7-5-4-6-17(18)19/h4-11,14H,3,12-13H2,1-2H3,(H,24,28)(H,25,27,29). The maximum absolute atomic E-state index is 12.8. The highest BCUT2D eigenvalue weighted by Gasteiger charge is 2.42. The van der Waals surface area contributed by atoms with Gasteiger partial charge in [-0.25, -0.2) is 0 Å². The van der Waals surface area contributed by atoms with Crippen molar-refractivity contribution in [2.24, 2.45) is 7.05 Å². The Balaban J connectivity index is 1.57. The molecule has 6 heteroatoms. The number of piperidine rings is 1. The van der Waals surface area contributed by atoms with E-state index in [0.29, 0.717) is 30.5 Å². The Morgan fingerprint density at radius 3 is 2.55 bits per heavy atom. The van der Waals surface area contributed by atoms with E-state index in [2.05, 4.69) is 10.6 Å². The number of carbonyl (C=O) groups excluding carboxylic acids is 3. The van der Waals surface area contributed by atoms with Crippen LogP contribution >= 0.6 is 0 Å². The van der Waals surface area contributed by atoms with Gasteiger partial charge in [-0.15, -0.1) is 0 Å². The number of anilines is 1. The van der Waals surface area contributed by atoms with Gasteiger partial charge in [-0.3, -0.25) is 19.7 Å². The van der Waals surface area contributed by atoms with Crippen LogP contribution in [0.1, 0.15) is 42.1 Å². The molecule has 1 aromatic heterocycles. The molecule has 29 heavy (non-hydrogen) atoms. The van der Waals surface area contributed by atoms with E-state index in [9.17, 15) is 14.4 Å². The molecule has 3 aromatic rings. The van der Waals surface area contributed by atoms with Crippen LogP contribution in [-0.4, -0.2) is 22.3 Å². The lowest BCUT2D eigenvalue weighted by Gasteiger charge is -2.35. The Bertz CT molecular complexity index is 1110. The highest BCUT2D eigenvalue weighted by atomic mass is 16.2. The quantitative estimate of drug-likeness (QED) is 0.670. The normalized spacial score (nSPS) is 19.2. The van der Waals surface area contributed by atoms with Gasteiger partial charge in [0.25, 0.3) is 5.91 Å². The topological polar surface area (TPSA) is 80.2 Å². The Labute approximate surface area is 168 Å². The van der Waals surface area contributed by atoms with Crippen molar-refractivity contribution in [1.82, 2.24) is 9.88 Å². The van der Waals surface area contributed by atoms with E-state index in [-0.39, 0.29) is 17.7 Å². The highest BCUT2D eigenvalue weighted by molar-refractivity contribution is 6.13. The Morgan fingerprint density at radius 2 is 1.86 bits per heavy atom. The van der Waals surface area contributed by atoms with Gasteiger partial charge in [0.1, 0.15) is 0 Å². The average Bonchev–Trinajstić information content (AvgIpc) is 3.06. The first-order chi connectivity index (χ1) is 13.9. The summed E-state index contributed by atoms with van der Waals surface area (Å²) in [6.07, 6.45) is 3.26. The van der Waals surface area contributed by atoms with Crippen molar-refractivity contribution in [2.45, 2.75) is 31.6 Å². The first kappa shape index (κ1) is 18.9. The summed E-state index contributed by atoms with van der Waals surface area (Å²) in [7, 11) is 1.91. The second-order valence-corrected chi connectivity index (χ2v) is 7.52. The van der Waals surface area contributed by atoms with Crippen LogP contribution in [0.4, 0.5) is 5.69 Å². The number of amides is 3. The molecule has 0 aliphatic carbocycles. The summed E-state index contributed by atoms with van der Waals surface area (Å²) in [5.41, 5.74) is 2.42. The van der Waals surface area contributed by atoms with E-state index in [4.69, 9.17) is 0 Å². The van der Waals surface area contributed by atoms with Crippen LogP contribution in [0.3, 0.4) is 0 Å². The molecule has 2 N–H and O–H groups in total. The number of nitrogens with one attached hydrogen (secondary N) is 2. The van der Waals surface area contributed by atoms with E-state index in [1.54, 1.807) is 12.1 Å². The Kier molecular flexibility index (Phi) is 4.70. The Morgan fingerprint density at radius 1 is 1.14 bits per heavy atom. The first-order valence-electron chi connectivity index (χ1n) is 9.75. The van der Waals surface area contributed by atoms with Crippen molar-refractivity contribution >= 4 is 34.3 Å². The van der Waals surface area contributed by atoms with Crippen LogP contribution < -0.4 is 10.6 Å². The van der Waals surface area contributed by atoms with Crippen LogP contribution in [-0.2, 0) is 22.1 Å². The molecule has 4 rings (SSSR count). The average molecular weight is 389 g/mol. The summed E-state index contributed by atoms with van der Waals surface area (Å²) in [4.78, 5) is 36.9. The molecule has 1 unspecified atom stereocenters. The van der Waals surface area contributed by atoms with Gasteiger partial charge in [0, 0.05) is 36.3 Å². The number of hydrogen-bond donors (Lipinski definition) is 2. The lowest BCUT2D eigenvalue weighted by molar-refractivity contribution is -0.138. The highest BCUT2D eigenvalue weighted by Crippen LogP contribution is 2.36. The molecule has 0 spiro atoms. The van der Waals surface area contributed by atoms with Gasteiger partial charge in [-0.2, -0.15) is 0 Å². The van der Waals surface area contributed by atoms with E-state index in [0.717, 1.165) is 16.5 Å². The number of rotatable bonds is 4. The number of benzene rings is 2. The number of aromatic nitrogens is 1. The second kappa shape index (κ2) is 7.20. The third-order valence-electron chi connectivity index (χ3n) is 5.91. The van der Waals surface area contributed by atoms with Crippen molar-refractivity contribution in [2.75, 3.05) is 5.32 Å². The van der Waals surface area contributed by atoms with Crippen molar-refractivity contribution in [3.63, 3.8) is 0 Å². The van der Waals surface area contributed by atoms with Crippen molar-refractivity contribution in [3.8, 4) is 0 Å². The fourth-order valence-electron chi connectivity index (χ4n) is 4.16. The minimum Gasteiger partial charge on any atom is -0.350 e. The molecule has 3 amide bonds. The molecule has 148 valence electrons. The molecule has 1 aliphatic rings. The molecule has 6 nitrogen and oxygen atoms in total. The number of hydrogen-bond acceptors (Lipinski definition) is 3. The summed E-state index contributed by atoms with van der Waals surface area (Å²) >= 11 is 0. The third kappa shape index (κ3) is 3.20. The summed E-state index contributed by atoms with van der Waals surface area (Å²) in [6, 6.07) is 15.1. The zero-order chi connectivity index (χ0) is 20.6. The summed E-state index contributed by atoms with van der Waals surface area (Å²) in [5.74, 6) is -0.650. The summed E-state index contributed by atoms with van der Waals surface area (Å²) in [5, 5.41) is 6.29. The fraction of sp³-hybridized carbons (Fsp3) is 0.261. The van der Waals surface area contributed by atoms with Gasteiger partial charge in [0.15, 0.2) is 0 Å². The van der Waals surface area contributed by atoms with Gasteiger partial charge in [0.05, 0.1) is 11.0 Å². The van der Waals surface area contributed by atoms with Crippen LogP contribution in [0, 0.1) is 0 Å². The zero-order valence-corrected chi connectivity index (χ0v) is 16.5. The number of carbonyl (C=O) groups is 3. The van der Waals surface area contributed by atoms with Crippen molar-refractivity contribution in [1.29, 1.82) is 0 Å². The van der Waals surface area contributed by atoms with Gasteiger partial charge < -0.3 is 9.88 Å². The Hall–Kier alpha value is -3.41. The lowest BCUT2D eigenvalue weighted by Crippen LogP contribution is -2.51. The van der Waals surface area contributed by atoms with Crippen LogP contribution in [0.5, 0.6) is 0 Å². The molecule has 1 fully saturated rings. The number of aryl methyl sites for hydroxylation is 1. The lowest BCUT2D eigenvalue weighted by atomic mass is 9.72. The van der Waals surface area contributed by atoms with Gasteiger partial charge in [-0.1, -0.05) is 37.3 Å². The van der Waals surface area contributed by atoms with E-state index < -0.39 is 5.41 Å². The molecule has 1 atom stereocenters. The van der Waals surface area contributed by atoms with Crippen LogP contribution in [0.15, 0.2) is 54.7 Å². The smallest absolute Gasteiger partial charge is 0.257 e. The summed E-state index contributed by atoms with van der Waals surface area (Å²) in [6.45, 7) is 1.95. The van der Waals surface area contributed by atoms with Crippen molar-refractivity contribution < 1.29 is 14.4 Å². The number of imide groups is 1. The number of para-hydroxylation sites is 1. The van der Waals surface area contributed by atoms with Crippen LogP contribution in [0.2, 0.25) is 0 Å². The predicted octanol–water partition coefficient (Wildman–Crippen LogP) is 3.52. The molecule has 2 heterocycles. The van der Waals surface area contributed by atoms with Crippen molar-refractivity contribution in [3.05, 3.63) is 65.9 Å². The monoisotopic (exact) mass is 389 g/mol. The minimum absolute atomic E-state index is 0.180. The molecular weight excluding hydrogens is 366 g/mol. The molecule has 1 aliphatic heterocycles. The molecule has 0 saturated carbocycles. The number of fused-ring (bicyclic) bond motifs is 1. The van der Waals surface area contributed by atoms with E-state index >= 15 is 0 Å². The summed E-state index contributed by atoms with van der Waals surface area (Å²) < 4.78 is 1.93. The maximum atomic E-state index is 12.8. The fourth-order valence-corrected chi connectivity index (χ4v) is 4.16. The molecule has 2 aromatic carbocycles. The zero-order valence-electron chi connectivity index (χ0n) is 16.5.